The SMILES string of the molecule is CC(C)OCCS(=O)(=O)N(C)CCCN. The quantitative estimate of drug-likeness (QED) is 0.647. The average molecular weight is 238 g/mol. The molecule has 0 unspecified atom stereocenters. The molecule has 0 rings (SSSR count). The maximum Gasteiger partial charge on any atom is 0.216 e. The van der Waals surface area contributed by atoms with Gasteiger partial charge in [-0.1, -0.05) is 0 Å². The molecule has 0 aromatic rings. The van der Waals surface area contributed by atoms with E-state index >= 15 is 0 Å². The molecule has 0 aliphatic heterocycles. The number of nitrogens with zero attached hydrogens (tertiary/aromatic N) is 1. The van der Waals surface area contributed by atoms with Gasteiger partial charge >= 0.3 is 0 Å². The van der Waals surface area contributed by atoms with Crippen molar-refractivity contribution in [1.29, 1.82) is 0 Å². The zero-order chi connectivity index (χ0) is 11.9. The Labute approximate surface area is 92.6 Å². The first-order valence-corrected chi connectivity index (χ1v) is 6.76. The van der Waals surface area contributed by atoms with Gasteiger partial charge in [0.2, 0.25) is 10.0 Å². The molecule has 0 atom stereocenters. The maximum absolute atomic E-state index is 11.6. The topological polar surface area (TPSA) is 72.6 Å². The zero-order valence-corrected chi connectivity index (χ0v) is 10.6. The van der Waals surface area contributed by atoms with Crippen LogP contribution in [0.1, 0.15) is 20.3 Å². The summed E-state index contributed by atoms with van der Waals surface area (Å²) in [5.74, 6) is 0.0340. The molecular formula is C9H22N2O3S. The Bertz CT molecular complexity index is 252. The van der Waals surface area contributed by atoms with Crippen LogP contribution in [0.2, 0.25) is 0 Å². The third-order valence-electron chi connectivity index (χ3n) is 1.94. The van der Waals surface area contributed by atoms with E-state index < -0.39 is 10.0 Å². The fourth-order valence-electron chi connectivity index (χ4n) is 0.998. The first-order chi connectivity index (χ1) is 6.90. The molecule has 0 heterocycles. The number of rotatable bonds is 8. The lowest BCUT2D eigenvalue weighted by Crippen LogP contribution is -2.32. The van der Waals surface area contributed by atoms with Crippen molar-refractivity contribution in [3.05, 3.63) is 0 Å². The van der Waals surface area contributed by atoms with Gasteiger partial charge in [-0.05, 0) is 26.8 Å². The molecule has 0 aromatic heterocycles. The third-order valence-corrected chi connectivity index (χ3v) is 3.76. The van der Waals surface area contributed by atoms with Gasteiger partial charge in [-0.3, -0.25) is 0 Å². The van der Waals surface area contributed by atoms with Crippen LogP contribution in [-0.2, 0) is 14.8 Å². The Hall–Kier alpha value is -0.170. The van der Waals surface area contributed by atoms with Gasteiger partial charge in [0, 0.05) is 13.6 Å². The van der Waals surface area contributed by atoms with E-state index in [0.717, 1.165) is 0 Å². The summed E-state index contributed by atoms with van der Waals surface area (Å²) >= 11 is 0. The van der Waals surface area contributed by atoms with E-state index in [-0.39, 0.29) is 18.5 Å². The molecule has 2 N–H and O–H groups in total. The Kier molecular flexibility index (Phi) is 7.08. The summed E-state index contributed by atoms with van der Waals surface area (Å²) in [6.07, 6.45) is 0.746. The van der Waals surface area contributed by atoms with Crippen LogP contribution in [0.15, 0.2) is 0 Å². The van der Waals surface area contributed by atoms with E-state index in [9.17, 15) is 8.42 Å². The van der Waals surface area contributed by atoms with Gasteiger partial charge in [-0.15, -0.1) is 0 Å². The van der Waals surface area contributed by atoms with Crippen molar-refractivity contribution in [3.8, 4) is 0 Å². The highest BCUT2D eigenvalue weighted by Crippen LogP contribution is 2.00. The Morgan fingerprint density at radius 1 is 1.40 bits per heavy atom. The van der Waals surface area contributed by atoms with Gasteiger partial charge in [-0.2, -0.15) is 0 Å². The molecule has 0 aliphatic carbocycles. The fourth-order valence-corrected chi connectivity index (χ4v) is 2.02. The van der Waals surface area contributed by atoms with Crippen LogP contribution in [0.4, 0.5) is 0 Å². The molecule has 6 heteroatoms. The minimum atomic E-state index is -3.18. The minimum absolute atomic E-state index is 0.0340. The molecule has 0 aromatic carbocycles. The van der Waals surface area contributed by atoms with Crippen LogP contribution in [0.3, 0.4) is 0 Å². The van der Waals surface area contributed by atoms with Crippen LogP contribution in [-0.4, -0.2) is 51.3 Å². The second kappa shape index (κ2) is 7.16. The van der Waals surface area contributed by atoms with Gasteiger partial charge in [-0.25, -0.2) is 12.7 Å². The summed E-state index contributed by atoms with van der Waals surface area (Å²) < 4.78 is 29.8. The standard InChI is InChI=1S/C9H22N2O3S/c1-9(2)14-7-8-15(12,13)11(3)6-4-5-10/h9H,4-8,10H2,1-3H3. The largest absolute Gasteiger partial charge is 0.378 e. The number of hydrogen-bond acceptors (Lipinski definition) is 4. The average Bonchev–Trinajstić information content (AvgIpc) is 2.13. The normalized spacial score (nSPS) is 12.7. The number of ether oxygens (including phenoxy) is 1. The van der Waals surface area contributed by atoms with E-state index in [1.165, 1.54) is 4.31 Å². The monoisotopic (exact) mass is 238 g/mol. The zero-order valence-electron chi connectivity index (χ0n) is 9.77. The van der Waals surface area contributed by atoms with E-state index in [1.54, 1.807) is 7.05 Å². The van der Waals surface area contributed by atoms with Crippen molar-refractivity contribution in [1.82, 2.24) is 4.31 Å². The van der Waals surface area contributed by atoms with E-state index in [4.69, 9.17) is 10.5 Å². The van der Waals surface area contributed by atoms with E-state index in [2.05, 4.69) is 0 Å². The lowest BCUT2D eigenvalue weighted by Gasteiger charge is -2.17. The van der Waals surface area contributed by atoms with E-state index in [0.29, 0.717) is 19.5 Å². The summed E-state index contributed by atoms with van der Waals surface area (Å²) in [4.78, 5) is 0. The highest BCUT2D eigenvalue weighted by atomic mass is 32.2. The molecule has 0 fully saturated rings. The Balaban J connectivity index is 3.95. The molecule has 0 saturated heterocycles. The molecular weight excluding hydrogens is 216 g/mol. The first-order valence-electron chi connectivity index (χ1n) is 5.16. The van der Waals surface area contributed by atoms with Gasteiger partial charge < -0.3 is 10.5 Å². The molecule has 0 amide bonds. The van der Waals surface area contributed by atoms with Crippen molar-refractivity contribution in [2.45, 2.75) is 26.4 Å². The molecule has 15 heavy (non-hydrogen) atoms. The van der Waals surface area contributed by atoms with Crippen molar-refractivity contribution in [2.24, 2.45) is 5.73 Å². The van der Waals surface area contributed by atoms with Crippen LogP contribution in [0.25, 0.3) is 0 Å². The maximum atomic E-state index is 11.6. The molecule has 0 saturated carbocycles. The third kappa shape index (κ3) is 6.83. The van der Waals surface area contributed by atoms with Crippen LogP contribution in [0.5, 0.6) is 0 Å². The van der Waals surface area contributed by atoms with Crippen LogP contribution in [0, 0.1) is 0 Å². The molecule has 0 aliphatic rings. The second-order valence-electron chi connectivity index (χ2n) is 3.70. The second-order valence-corrected chi connectivity index (χ2v) is 5.89. The van der Waals surface area contributed by atoms with Gasteiger partial charge in [0.1, 0.15) is 0 Å². The lowest BCUT2D eigenvalue weighted by atomic mass is 10.4. The van der Waals surface area contributed by atoms with Gasteiger partial charge in [0.25, 0.3) is 0 Å². The van der Waals surface area contributed by atoms with Crippen molar-refractivity contribution in [2.75, 3.05) is 32.5 Å². The lowest BCUT2D eigenvalue weighted by molar-refractivity contribution is 0.0908. The number of nitrogens with two attached hydrogens (primary N) is 1. The predicted molar refractivity (Wildman–Crippen MR) is 61.2 cm³/mol. The molecule has 0 bridgehead atoms. The summed E-state index contributed by atoms with van der Waals surface area (Å²) in [5.41, 5.74) is 5.31. The summed E-state index contributed by atoms with van der Waals surface area (Å²) in [6, 6.07) is 0. The number of sulfonamides is 1. The van der Waals surface area contributed by atoms with Crippen molar-refractivity contribution in [3.63, 3.8) is 0 Å². The molecule has 0 radical (unpaired) electrons. The van der Waals surface area contributed by atoms with Gasteiger partial charge in [0.15, 0.2) is 0 Å². The highest BCUT2D eigenvalue weighted by molar-refractivity contribution is 7.89. The summed E-state index contributed by atoms with van der Waals surface area (Å²) in [5, 5.41) is 0. The van der Waals surface area contributed by atoms with Crippen LogP contribution >= 0.6 is 0 Å². The van der Waals surface area contributed by atoms with Crippen LogP contribution < -0.4 is 5.73 Å². The minimum Gasteiger partial charge on any atom is -0.378 e. The summed E-state index contributed by atoms with van der Waals surface area (Å²) in [7, 11) is -1.61. The molecule has 5 nitrogen and oxygen atoms in total. The molecule has 0 spiro atoms. The first kappa shape index (κ1) is 14.8. The Morgan fingerprint density at radius 3 is 2.47 bits per heavy atom. The Morgan fingerprint density at radius 2 is 2.00 bits per heavy atom. The van der Waals surface area contributed by atoms with Crippen molar-refractivity contribution >= 4 is 10.0 Å². The smallest absolute Gasteiger partial charge is 0.216 e. The van der Waals surface area contributed by atoms with Crippen molar-refractivity contribution < 1.29 is 13.2 Å². The van der Waals surface area contributed by atoms with E-state index in [1.807, 2.05) is 13.8 Å². The highest BCUT2D eigenvalue weighted by Gasteiger charge is 2.16. The predicted octanol–water partition coefficient (Wildman–Crippen LogP) is 0.0218. The van der Waals surface area contributed by atoms with Gasteiger partial charge in [0.05, 0.1) is 18.5 Å². The fraction of sp³-hybridized carbons (Fsp3) is 1.00. The molecule has 92 valence electrons. The summed E-state index contributed by atoms with van der Waals surface area (Å²) in [6.45, 7) is 4.98. The number of hydrogen-bond donors (Lipinski definition) is 1.